The van der Waals surface area contributed by atoms with Crippen molar-refractivity contribution >= 4 is 17.0 Å². The topological polar surface area (TPSA) is 66.4 Å². The summed E-state index contributed by atoms with van der Waals surface area (Å²) in [5.74, 6) is -0.877. The van der Waals surface area contributed by atoms with Crippen LogP contribution in [0.2, 0.25) is 0 Å². The van der Waals surface area contributed by atoms with E-state index >= 15 is 0 Å². The average molecular weight is 235 g/mol. The quantitative estimate of drug-likeness (QED) is 0.762. The Labute approximate surface area is 94.0 Å². The normalized spacial score (nSPS) is 18.2. The highest BCUT2D eigenvalue weighted by Crippen LogP contribution is 2.19. The maximum absolute atomic E-state index is 11.8. The molecule has 2 unspecified atom stereocenters. The van der Waals surface area contributed by atoms with E-state index in [0.717, 1.165) is 0 Å². The Hall–Kier alpha value is -0.420. The molecular formula is C10H21NO3S. The summed E-state index contributed by atoms with van der Waals surface area (Å²) in [5, 5.41) is 8.76. The third-order valence-electron chi connectivity index (χ3n) is 2.22. The van der Waals surface area contributed by atoms with Gasteiger partial charge in [-0.1, -0.05) is 6.92 Å². The van der Waals surface area contributed by atoms with Gasteiger partial charge in [-0.15, -0.1) is 0 Å². The number of aliphatic carboxylic acids is 1. The minimum absolute atomic E-state index is 0.0225. The van der Waals surface area contributed by atoms with E-state index in [1.807, 2.05) is 27.7 Å². The van der Waals surface area contributed by atoms with Gasteiger partial charge in [0.05, 0.1) is 22.2 Å². The first-order valence-corrected chi connectivity index (χ1v) is 6.17. The van der Waals surface area contributed by atoms with Gasteiger partial charge in [0.25, 0.3) is 0 Å². The van der Waals surface area contributed by atoms with Crippen LogP contribution in [0.4, 0.5) is 0 Å². The van der Waals surface area contributed by atoms with Crippen LogP contribution in [0.1, 0.15) is 47.5 Å². The molecule has 0 fully saturated rings. The van der Waals surface area contributed by atoms with Gasteiger partial charge in [-0.2, -0.15) is 0 Å². The SMILES string of the molecule is CCC(C)(CC(=O)O)NS(=O)C(C)(C)C. The number of nitrogens with one attached hydrogen (secondary N) is 1. The Bertz CT molecular complexity index is 260. The predicted molar refractivity (Wildman–Crippen MR) is 62.0 cm³/mol. The lowest BCUT2D eigenvalue weighted by atomic mass is 9.96. The van der Waals surface area contributed by atoms with Crippen molar-refractivity contribution in [1.82, 2.24) is 4.72 Å². The monoisotopic (exact) mass is 235 g/mol. The molecule has 2 N–H and O–H groups in total. The Kier molecular flexibility index (Phi) is 4.93. The summed E-state index contributed by atoms with van der Waals surface area (Å²) in [7, 11) is -1.24. The number of rotatable bonds is 5. The fourth-order valence-corrected chi connectivity index (χ4v) is 1.91. The molecule has 0 aromatic rings. The summed E-state index contributed by atoms with van der Waals surface area (Å²) in [4.78, 5) is 10.7. The van der Waals surface area contributed by atoms with E-state index in [0.29, 0.717) is 6.42 Å². The Morgan fingerprint density at radius 2 is 1.80 bits per heavy atom. The molecule has 0 rings (SSSR count). The molecule has 0 heterocycles. The van der Waals surface area contributed by atoms with Crippen LogP contribution in [0, 0.1) is 0 Å². The molecule has 15 heavy (non-hydrogen) atoms. The molecule has 0 aliphatic rings. The first-order valence-electron chi connectivity index (χ1n) is 5.02. The van der Waals surface area contributed by atoms with E-state index in [1.54, 1.807) is 6.92 Å². The fraction of sp³-hybridized carbons (Fsp3) is 0.900. The summed E-state index contributed by atoms with van der Waals surface area (Å²) >= 11 is 0. The van der Waals surface area contributed by atoms with Crippen molar-refractivity contribution in [2.24, 2.45) is 0 Å². The summed E-state index contributed by atoms with van der Waals surface area (Å²) < 4.78 is 14.4. The second-order valence-electron chi connectivity index (χ2n) is 4.97. The number of hydrogen-bond donors (Lipinski definition) is 2. The standard InChI is InChI=1S/C10H21NO3S/c1-6-10(5,7-8(12)13)11-15(14)9(2,3)4/h11H,6-7H2,1-5H3,(H,12,13). The van der Waals surface area contributed by atoms with Crippen molar-refractivity contribution in [3.8, 4) is 0 Å². The first kappa shape index (κ1) is 14.6. The van der Waals surface area contributed by atoms with Gasteiger partial charge >= 0.3 is 5.97 Å². The second-order valence-corrected chi connectivity index (χ2v) is 6.93. The van der Waals surface area contributed by atoms with Gasteiger partial charge in [-0.05, 0) is 34.1 Å². The zero-order valence-corrected chi connectivity index (χ0v) is 10.9. The van der Waals surface area contributed by atoms with Gasteiger partial charge in [0.15, 0.2) is 0 Å². The van der Waals surface area contributed by atoms with Gasteiger partial charge in [0.2, 0.25) is 0 Å². The lowest BCUT2D eigenvalue weighted by molar-refractivity contribution is -0.138. The minimum atomic E-state index is -1.24. The lowest BCUT2D eigenvalue weighted by Gasteiger charge is -2.31. The van der Waals surface area contributed by atoms with Gasteiger partial charge in [0.1, 0.15) is 0 Å². The summed E-state index contributed by atoms with van der Waals surface area (Å²) in [6, 6.07) is 0. The molecule has 90 valence electrons. The van der Waals surface area contributed by atoms with Crippen molar-refractivity contribution in [2.75, 3.05) is 0 Å². The molecule has 0 amide bonds. The van der Waals surface area contributed by atoms with Crippen molar-refractivity contribution in [3.63, 3.8) is 0 Å². The van der Waals surface area contributed by atoms with Crippen LogP contribution >= 0.6 is 0 Å². The molecular weight excluding hydrogens is 214 g/mol. The van der Waals surface area contributed by atoms with E-state index in [-0.39, 0.29) is 11.2 Å². The van der Waals surface area contributed by atoms with E-state index in [4.69, 9.17) is 5.11 Å². The molecule has 4 nitrogen and oxygen atoms in total. The zero-order chi connectivity index (χ0) is 12.3. The number of hydrogen-bond acceptors (Lipinski definition) is 2. The lowest BCUT2D eigenvalue weighted by Crippen LogP contribution is -2.49. The third-order valence-corrected chi connectivity index (χ3v) is 4.01. The van der Waals surface area contributed by atoms with Crippen LogP contribution in [0.15, 0.2) is 0 Å². The van der Waals surface area contributed by atoms with Gasteiger partial charge in [0, 0.05) is 5.54 Å². The Morgan fingerprint density at radius 1 is 1.33 bits per heavy atom. The third kappa shape index (κ3) is 5.28. The highest BCUT2D eigenvalue weighted by Gasteiger charge is 2.31. The predicted octanol–water partition coefficient (Wildman–Crippen LogP) is 1.68. The molecule has 0 aliphatic heterocycles. The fourth-order valence-electron chi connectivity index (χ4n) is 0.944. The number of carboxylic acids is 1. The Balaban J connectivity index is 4.58. The average Bonchev–Trinajstić information content (AvgIpc) is 2.00. The largest absolute Gasteiger partial charge is 0.481 e. The van der Waals surface area contributed by atoms with Crippen molar-refractivity contribution in [3.05, 3.63) is 0 Å². The molecule has 0 bridgehead atoms. The molecule has 2 atom stereocenters. The maximum Gasteiger partial charge on any atom is 0.305 e. The molecule has 5 heteroatoms. The van der Waals surface area contributed by atoms with E-state index < -0.39 is 22.5 Å². The first-order chi connectivity index (χ1) is 6.60. The minimum Gasteiger partial charge on any atom is -0.481 e. The molecule has 0 radical (unpaired) electrons. The second kappa shape index (κ2) is 5.07. The number of carboxylic acid groups (broad SMARTS) is 1. The molecule has 0 aliphatic carbocycles. The van der Waals surface area contributed by atoms with Gasteiger partial charge in [-0.25, -0.2) is 8.93 Å². The van der Waals surface area contributed by atoms with E-state index in [1.165, 1.54) is 0 Å². The molecule has 0 saturated heterocycles. The van der Waals surface area contributed by atoms with Crippen molar-refractivity contribution < 1.29 is 14.1 Å². The van der Waals surface area contributed by atoms with Gasteiger partial charge in [-0.3, -0.25) is 4.79 Å². The number of carbonyl (C=O) groups is 1. The van der Waals surface area contributed by atoms with Crippen LogP contribution in [0.3, 0.4) is 0 Å². The van der Waals surface area contributed by atoms with E-state index in [9.17, 15) is 9.00 Å². The van der Waals surface area contributed by atoms with Crippen molar-refractivity contribution in [2.45, 2.75) is 57.7 Å². The molecule has 0 saturated carbocycles. The molecule has 0 aromatic heterocycles. The summed E-state index contributed by atoms with van der Waals surface area (Å²) in [5.41, 5.74) is -0.607. The highest BCUT2D eigenvalue weighted by molar-refractivity contribution is 7.84. The summed E-state index contributed by atoms with van der Waals surface area (Å²) in [6.45, 7) is 9.23. The Morgan fingerprint density at radius 3 is 2.07 bits per heavy atom. The summed E-state index contributed by atoms with van der Waals surface area (Å²) in [6.07, 6.45) is 0.604. The van der Waals surface area contributed by atoms with E-state index in [2.05, 4.69) is 4.72 Å². The zero-order valence-electron chi connectivity index (χ0n) is 10.1. The van der Waals surface area contributed by atoms with Crippen LogP contribution in [0.5, 0.6) is 0 Å². The van der Waals surface area contributed by atoms with Crippen LogP contribution in [-0.2, 0) is 15.8 Å². The van der Waals surface area contributed by atoms with Crippen LogP contribution < -0.4 is 4.72 Å². The maximum atomic E-state index is 11.8. The highest BCUT2D eigenvalue weighted by atomic mass is 32.2. The van der Waals surface area contributed by atoms with Crippen molar-refractivity contribution in [1.29, 1.82) is 0 Å². The molecule has 0 aromatic carbocycles. The van der Waals surface area contributed by atoms with Crippen LogP contribution in [0.25, 0.3) is 0 Å². The van der Waals surface area contributed by atoms with Crippen LogP contribution in [-0.4, -0.2) is 25.6 Å². The smallest absolute Gasteiger partial charge is 0.305 e. The van der Waals surface area contributed by atoms with Gasteiger partial charge < -0.3 is 5.11 Å². The molecule has 0 spiro atoms.